The number of nitrogens with zero attached hydrogens (tertiary/aromatic N) is 4. The number of pyridine rings is 1. The van der Waals surface area contributed by atoms with Crippen LogP contribution in [0.15, 0.2) is 48.9 Å². The van der Waals surface area contributed by atoms with Crippen molar-refractivity contribution in [1.82, 2.24) is 25.2 Å². The summed E-state index contributed by atoms with van der Waals surface area (Å²) in [4.78, 5) is 27.2. The first kappa shape index (κ1) is 19.4. The number of fused-ring (bicyclic) bond motifs is 2. The van der Waals surface area contributed by atoms with Gasteiger partial charge in [0.1, 0.15) is 5.56 Å². The molecule has 0 fully saturated rings. The molecule has 8 heteroatoms. The van der Waals surface area contributed by atoms with E-state index in [2.05, 4.69) is 51.6 Å². The van der Waals surface area contributed by atoms with E-state index < -0.39 is 0 Å². The van der Waals surface area contributed by atoms with Gasteiger partial charge in [0, 0.05) is 49.3 Å². The Morgan fingerprint density at radius 2 is 2.06 bits per heavy atom. The highest BCUT2D eigenvalue weighted by Gasteiger charge is 2.29. The Kier molecular flexibility index (Phi) is 4.78. The van der Waals surface area contributed by atoms with Crippen molar-refractivity contribution in [2.75, 3.05) is 18.6 Å². The van der Waals surface area contributed by atoms with Gasteiger partial charge in [0.15, 0.2) is 6.73 Å². The van der Waals surface area contributed by atoms with Crippen LogP contribution in [0, 0.1) is 0 Å². The van der Waals surface area contributed by atoms with Gasteiger partial charge in [-0.25, -0.2) is 4.98 Å². The smallest absolute Gasteiger partial charge is 0.263 e. The second-order valence-electron chi connectivity index (χ2n) is 8.53. The highest BCUT2D eigenvalue weighted by atomic mass is 16.5. The van der Waals surface area contributed by atoms with Gasteiger partial charge < -0.3 is 20.3 Å². The number of nitrogens with one attached hydrogen (secondary N) is 2. The van der Waals surface area contributed by atoms with E-state index in [0.717, 1.165) is 24.3 Å². The van der Waals surface area contributed by atoms with Crippen molar-refractivity contribution < 1.29 is 9.53 Å². The van der Waals surface area contributed by atoms with Gasteiger partial charge >= 0.3 is 0 Å². The minimum absolute atomic E-state index is 0.102. The van der Waals surface area contributed by atoms with E-state index in [-0.39, 0.29) is 18.1 Å². The molecule has 158 valence electrons. The monoisotopic (exact) mass is 416 g/mol. The minimum atomic E-state index is -0.147. The lowest BCUT2D eigenvalue weighted by atomic mass is 9.79. The number of rotatable bonds is 4. The first-order valence-electron chi connectivity index (χ1n) is 10.3. The Labute approximate surface area is 180 Å². The van der Waals surface area contributed by atoms with Gasteiger partial charge in [0.05, 0.1) is 0 Å². The van der Waals surface area contributed by atoms with Crippen LogP contribution in [0.2, 0.25) is 0 Å². The maximum Gasteiger partial charge on any atom is 0.263 e. The molecular weight excluding hydrogens is 392 g/mol. The van der Waals surface area contributed by atoms with Crippen LogP contribution in [0.1, 0.15) is 40.9 Å². The van der Waals surface area contributed by atoms with Gasteiger partial charge in [-0.1, -0.05) is 19.9 Å². The van der Waals surface area contributed by atoms with Gasteiger partial charge in [0.25, 0.3) is 5.91 Å². The molecule has 3 aromatic rings. The Balaban J connectivity index is 1.33. The van der Waals surface area contributed by atoms with Crippen molar-refractivity contribution in [3.8, 4) is 5.88 Å². The third-order valence-corrected chi connectivity index (χ3v) is 5.72. The highest BCUT2D eigenvalue weighted by molar-refractivity contribution is 5.97. The number of anilines is 2. The first-order valence-corrected chi connectivity index (χ1v) is 10.3. The first-order chi connectivity index (χ1) is 15.0. The van der Waals surface area contributed by atoms with Crippen molar-refractivity contribution in [2.45, 2.75) is 32.4 Å². The Morgan fingerprint density at radius 3 is 2.90 bits per heavy atom. The van der Waals surface area contributed by atoms with Gasteiger partial charge in [-0.3, -0.25) is 9.78 Å². The summed E-state index contributed by atoms with van der Waals surface area (Å²) in [5.74, 6) is 0.554. The molecule has 0 atom stereocenters. The van der Waals surface area contributed by atoms with Crippen LogP contribution in [0.5, 0.6) is 5.88 Å². The molecule has 2 aliphatic rings. The van der Waals surface area contributed by atoms with E-state index in [0.29, 0.717) is 23.9 Å². The average molecular weight is 416 g/mol. The molecule has 31 heavy (non-hydrogen) atoms. The zero-order valence-corrected chi connectivity index (χ0v) is 17.6. The molecule has 0 aliphatic carbocycles. The summed E-state index contributed by atoms with van der Waals surface area (Å²) >= 11 is 0. The van der Waals surface area contributed by atoms with Gasteiger partial charge in [-0.15, -0.1) is 0 Å². The van der Waals surface area contributed by atoms with Crippen molar-refractivity contribution >= 4 is 17.5 Å². The molecule has 0 bridgehead atoms. The summed E-state index contributed by atoms with van der Waals surface area (Å²) < 4.78 is 5.76. The SMILES string of the molecule is CC1(C)CNCc2cc(Nc3ncc4c(n3)OCN(Cc3ccncc3)C4=O)ccc21. The molecule has 1 amide bonds. The fourth-order valence-electron chi connectivity index (χ4n) is 4.09. The van der Waals surface area contributed by atoms with Gasteiger partial charge in [-0.05, 0) is 41.0 Å². The van der Waals surface area contributed by atoms with E-state index >= 15 is 0 Å². The zero-order chi connectivity index (χ0) is 21.4. The largest absolute Gasteiger partial charge is 0.455 e. The fraction of sp³-hybridized carbons (Fsp3) is 0.304. The highest BCUT2D eigenvalue weighted by Crippen LogP contribution is 2.32. The number of hydrogen-bond donors (Lipinski definition) is 2. The molecule has 8 nitrogen and oxygen atoms in total. The standard InChI is InChI=1S/C23H24N6O2/c1-23(2)13-25-10-16-9-17(3-4-19(16)23)27-22-26-11-18-20(28-22)31-14-29(21(18)30)12-15-5-7-24-8-6-15/h3-9,11,25H,10,12-14H2,1-2H3,(H,26,27,28). The lowest BCUT2D eigenvalue weighted by Gasteiger charge is -2.33. The minimum Gasteiger partial charge on any atom is -0.455 e. The van der Waals surface area contributed by atoms with E-state index in [4.69, 9.17) is 4.74 Å². The predicted octanol–water partition coefficient (Wildman–Crippen LogP) is 2.99. The van der Waals surface area contributed by atoms with Crippen LogP contribution >= 0.6 is 0 Å². The Morgan fingerprint density at radius 1 is 1.23 bits per heavy atom. The molecule has 2 aliphatic heterocycles. The van der Waals surface area contributed by atoms with Crippen molar-refractivity contribution in [3.63, 3.8) is 0 Å². The molecule has 2 N–H and O–H groups in total. The molecule has 4 heterocycles. The summed E-state index contributed by atoms with van der Waals surface area (Å²) in [5, 5.41) is 6.70. The fourth-order valence-corrected chi connectivity index (χ4v) is 4.09. The van der Waals surface area contributed by atoms with Crippen molar-refractivity contribution in [3.05, 3.63) is 71.2 Å². The van der Waals surface area contributed by atoms with Crippen LogP contribution in [0.3, 0.4) is 0 Å². The molecule has 1 aromatic carbocycles. The maximum absolute atomic E-state index is 12.8. The molecule has 0 spiro atoms. The quantitative estimate of drug-likeness (QED) is 0.675. The maximum atomic E-state index is 12.8. The number of benzene rings is 1. The summed E-state index contributed by atoms with van der Waals surface area (Å²) in [5.41, 5.74) is 4.97. The topological polar surface area (TPSA) is 92.3 Å². The van der Waals surface area contributed by atoms with Crippen LogP contribution in [0.4, 0.5) is 11.6 Å². The van der Waals surface area contributed by atoms with Gasteiger partial charge in [-0.2, -0.15) is 4.98 Å². The summed E-state index contributed by atoms with van der Waals surface area (Å²) in [6.07, 6.45) is 4.93. The molecule has 0 unspecified atom stereocenters. The third kappa shape index (κ3) is 3.82. The summed E-state index contributed by atoms with van der Waals surface area (Å²) in [6.45, 7) is 6.87. The molecule has 2 aromatic heterocycles. The third-order valence-electron chi connectivity index (χ3n) is 5.72. The van der Waals surface area contributed by atoms with Crippen molar-refractivity contribution in [1.29, 1.82) is 0 Å². The number of aromatic nitrogens is 3. The second-order valence-corrected chi connectivity index (χ2v) is 8.53. The number of hydrogen-bond acceptors (Lipinski definition) is 7. The number of amides is 1. The molecule has 0 saturated heterocycles. The number of carbonyl (C=O) groups is 1. The zero-order valence-electron chi connectivity index (χ0n) is 17.6. The molecule has 5 rings (SSSR count). The summed E-state index contributed by atoms with van der Waals surface area (Å²) in [7, 11) is 0. The van der Waals surface area contributed by atoms with Crippen LogP contribution < -0.4 is 15.4 Å². The van der Waals surface area contributed by atoms with E-state index in [1.165, 1.54) is 17.3 Å². The average Bonchev–Trinajstić information content (AvgIpc) is 2.76. The Bertz CT molecular complexity index is 1130. The molecule has 0 saturated carbocycles. The molecule has 0 radical (unpaired) electrons. The van der Waals surface area contributed by atoms with Crippen LogP contribution in [-0.4, -0.2) is 39.0 Å². The van der Waals surface area contributed by atoms with E-state index in [1.807, 2.05) is 18.2 Å². The lowest BCUT2D eigenvalue weighted by molar-refractivity contribution is 0.0484. The lowest BCUT2D eigenvalue weighted by Crippen LogP contribution is -2.38. The van der Waals surface area contributed by atoms with E-state index in [1.54, 1.807) is 17.3 Å². The van der Waals surface area contributed by atoms with Crippen LogP contribution in [0.25, 0.3) is 0 Å². The molecular formula is C23H24N6O2. The normalized spacial score (nSPS) is 16.8. The van der Waals surface area contributed by atoms with Crippen LogP contribution in [-0.2, 0) is 18.5 Å². The predicted molar refractivity (Wildman–Crippen MR) is 116 cm³/mol. The van der Waals surface area contributed by atoms with Crippen molar-refractivity contribution in [2.24, 2.45) is 0 Å². The Hall–Kier alpha value is -3.52. The van der Waals surface area contributed by atoms with Gasteiger partial charge in [0.2, 0.25) is 11.8 Å². The number of ether oxygens (including phenoxy) is 1. The summed E-state index contributed by atoms with van der Waals surface area (Å²) in [6, 6.07) is 10.1. The van der Waals surface area contributed by atoms with E-state index in [9.17, 15) is 4.79 Å². The number of carbonyl (C=O) groups excluding carboxylic acids is 1. The second kappa shape index (κ2) is 7.63.